The van der Waals surface area contributed by atoms with Gasteiger partial charge in [0.1, 0.15) is 22.9 Å². The van der Waals surface area contributed by atoms with E-state index in [2.05, 4.69) is 83.1 Å². The topological polar surface area (TPSA) is 211 Å². The molecule has 2 aliphatic heterocycles. The molecule has 0 radical (unpaired) electrons. The zero-order valence-electron chi connectivity index (χ0n) is 36.1. The number of thiophene rings is 2. The van der Waals surface area contributed by atoms with Gasteiger partial charge in [-0.3, -0.25) is 4.79 Å². The fourth-order valence-electron chi connectivity index (χ4n) is 5.00. The van der Waals surface area contributed by atoms with Crippen molar-refractivity contribution < 1.29 is 33.8 Å². The fraction of sp³-hybridized carbons (Fsp3) is 0.488. The van der Waals surface area contributed by atoms with Crippen molar-refractivity contribution >= 4 is 114 Å². The molecule has 61 heavy (non-hydrogen) atoms. The summed E-state index contributed by atoms with van der Waals surface area (Å²) in [6.07, 6.45) is 8.31. The normalized spacial score (nSPS) is 12.8. The van der Waals surface area contributed by atoms with Crippen LogP contribution in [0.3, 0.4) is 0 Å². The number of amidine groups is 2. The Kier molecular flexibility index (Phi) is 22.4. The van der Waals surface area contributed by atoms with E-state index in [1.54, 1.807) is 31.7 Å². The number of carbonyl (C=O) groups excluding carboxylic acids is 3. The predicted molar refractivity (Wildman–Crippen MR) is 254 cm³/mol. The van der Waals surface area contributed by atoms with Crippen LogP contribution in [0.5, 0.6) is 0 Å². The molecule has 0 spiro atoms. The van der Waals surface area contributed by atoms with Gasteiger partial charge in [-0.15, -0.1) is 28.6 Å². The molecule has 3 amide bonds. The summed E-state index contributed by atoms with van der Waals surface area (Å²) in [5.74, 6) is 11.4. The Bertz CT molecular complexity index is 2100. The van der Waals surface area contributed by atoms with Crippen molar-refractivity contribution in [2.45, 2.75) is 112 Å². The summed E-state index contributed by atoms with van der Waals surface area (Å²) >= 11 is 9.73. The molecule has 14 nitrogen and oxygen atoms in total. The molecule has 2 aromatic heterocycles. The summed E-state index contributed by atoms with van der Waals surface area (Å²) in [4.78, 5) is 58.8. The van der Waals surface area contributed by atoms with Crippen molar-refractivity contribution in [1.82, 2.24) is 15.5 Å². The molecule has 332 valence electrons. The number of hydrogen-bond acceptors (Lipinski definition) is 12. The third kappa shape index (κ3) is 21.6. The highest BCUT2D eigenvalue weighted by atomic mass is 79.9. The van der Waals surface area contributed by atoms with Crippen molar-refractivity contribution in [2.75, 3.05) is 26.2 Å². The Morgan fingerprint density at radius 1 is 0.770 bits per heavy atom. The van der Waals surface area contributed by atoms with Gasteiger partial charge < -0.3 is 41.6 Å². The SMILES string of the molecule is CCCCCC#CCNC(=O)OC(C)(C)C.CCCN(CC#CCNC(=O)OC(C)(C)C)C(=O)C1=Cc2sc(Br)cc2N=C(N)C1.NC1=Nc2cc(Br)sc2C=C(C(=O)O)C1. The van der Waals surface area contributed by atoms with Gasteiger partial charge in [0.25, 0.3) is 5.91 Å². The number of aliphatic carboxylic acids is 1. The third-order valence-electron chi connectivity index (χ3n) is 7.50. The van der Waals surface area contributed by atoms with E-state index in [0.29, 0.717) is 36.8 Å². The number of unbranched alkanes of at least 4 members (excludes halogenated alkanes) is 3. The zero-order chi connectivity index (χ0) is 45.8. The second-order valence-corrected chi connectivity index (χ2v) is 20.3. The number of hydrogen-bond donors (Lipinski definition) is 5. The summed E-state index contributed by atoms with van der Waals surface area (Å²) in [6.45, 7) is 16.4. The number of rotatable bonds is 10. The number of nitrogens with one attached hydrogen (secondary N) is 2. The van der Waals surface area contributed by atoms with Gasteiger partial charge in [-0.1, -0.05) is 44.5 Å². The molecule has 0 aromatic carbocycles. The lowest BCUT2D eigenvalue weighted by Gasteiger charge is -2.21. The highest BCUT2D eigenvalue weighted by molar-refractivity contribution is 9.11. The number of nitrogens with zero attached hydrogens (tertiary/aromatic N) is 3. The van der Waals surface area contributed by atoms with Crippen LogP contribution < -0.4 is 22.1 Å². The number of amides is 3. The lowest BCUT2D eigenvalue weighted by Crippen LogP contribution is -2.34. The van der Waals surface area contributed by atoms with Gasteiger partial charge in [0, 0.05) is 37.0 Å². The number of aliphatic imine (C=N–C) groups is 2. The Hall–Kier alpha value is -4.62. The van der Waals surface area contributed by atoms with Gasteiger partial charge in [-0.05, 0) is 111 Å². The molecule has 18 heteroatoms. The molecule has 0 fully saturated rings. The molecule has 2 aromatic rings. The van der Waals surface area contributed by atoms with E-state index in [1.807, 2.05) is 45.9 Å². The number of ether oxygens (including phenoxy) is 2. The van der Waals surface area contributed by atoms with Crippen LogP contribution in [-0.2, 0) is 19.1 Å². The molecular weight excluding hydrogens is 950 g/mol. The zero-order valence-corrected chi connectivity index (χ0v) is 40.9. The Balaban J connectivity index is 0.000000347. The van der Waals surface area contributed by atoms with E-state index < -0.39 is 29.4 Å². The van der Waals surface area contributed by atoms with E-state index in [9.17, 15) is 19.2 Å². The van der Waals surface area contributed by atoms with Crippen LogP contribution in [0.15, 0.2) is 40.8 Å². The monoisotopic (exact) mass is 1010 g/mol. The second kappa shape index (κ2) is 26.0. The molecule has 0 saturated carbocycles. The van der Waals surface area contributed by atoms with E-state index in [-0.39, 0.29) is 31.0 Å². The van der Waals surface area contributed by atoms with Crippen LogP contribution in [-0.4, -0.2) is 83.1 Å². The molecule has 0 saturated heterocycles. The van der Waals surface area contributed by atoms with Crippen LogP contribution >= 0.6 is 54.5 Å². The van der Waals surface area contributed by atoms with Crippen molar-refractivity contribution in [3.05, 3.63) is 40.6 Å². The number of fused-ring (bicyclic) bond motifs is 2. The minimum atomic E-state index is -0.953. The summed E-state index contributed by atoms with van der Waals surface area (Å²) in [5, 5.41) is 14.1. The molecule has 0 unspecified atom stereocenters. The smallest absolute Gasteiger partial charge is 0.408 e. The van der Waals surface area contributed by atoms with E-state index in [0.717, 1.165) is 48.0 Å². The molecule has 4 heterocycles. The Morgan fingerprint density at radius 3 is 1.70 bits per heavy atom. The van der Waals surface area contributed by atoms with Crippen LogP contribution in [0, 0.1) is 23.7 Å². The first-order valence-corrected chi connectivity index (χ1v) is 22.9. The van der Waals surface area contributed by atoms with Crippen LogP contribution in [0.25, 0.3) is 12.2 Å². The van der Waals surface area contributed by atoms with Crippen LogP contribution in [0.2, 0.25) is 0 Å². The molecule has 0 atom stereocenters. The maximum absolute atomic E-state index is 13.1. The van der Waals surface area contributed by atoms with Crippen molar-refractivity contribution in [3.63, 3.8) is 0 Å². The molecular formula is C43H57Br2N7O7S2. The number of carboxylic acids is 1. The first kappa shape index (κ1) is 52.5. The van der Waals surface area contributed by atoms with Crippen LogP contribution in [0.1, 0.15) is 110 Å². The average molecular weight is 1010 g/mol. The first-order chi connectivity index (χ1) is 28.6. The summed E-state index contributed by atoms with van der Waals surface area (Å²) in [5.41, 5.74) is 13.0. The van der Waals surface area contributed by atoms with Crippen molar-refractivity contribution in [2.24, 2.45) is 21.5 Å². The van der Waals surface area contributed by atoms with Crippen LogP contribution in [0.4, 0.5) is 21.0 Å². The minimum Gasteiger partial charge on any atom is -0.478 e. The van der Waals surface area contributed by atoms with Gasteiger partial charge >= 0.3 is 18.2 Å². The van der Waals surface area contributed by atoms with Crippen molar-refractivity contribution in [3.8, 4) is 23.7 Å². The molecule has 7 N–H and O–H groups in total. The van der Waals surface area contributed by atoms with Gasteiger partial charge in [-0.25, -0.2) is 24.4 Å². The van der Waals surface area contributed by atoms with Crippen molar-refractivity contribution in [1.29, 1.82) is 0 Å². The van der Waals surface area contributed by atoms with Gasteiger partial charge in [0.05, 0.1) is 48.3 Å². The summed E-state index contributed by atoms with van der Waals surface area (Å²) in [7, 11) is 0. The van der Waals surface area contributed by atoms with E-state index >= 15 is 0 Å². The van der Waals surface area contributed by atoms with E-state index in [4.69, 9.17) is 26.0 Å². The van der Waals surface area contributed by atoms with E-state index in [1.165, 1.54) is 35.5 Å². The number of halogens is 2. The maximum Gasteiger partial charge on any atom is 0.408 e. The average Bonchev–Trinajstić information content (AvgIpc) is 3.55. The number of alkyl carbamates (subject to hydrolysis) is 2. The molecule has 0 bridgehead atoms. The Morgan fingerprint density at radius 2 is 1.25 bits per heavy atom. The van der Waals surface area contributed by atoms with Gasteiger partial charge in [0.2, 0.25) is 0 Å². The summed E-state index contributed by atoms with van der Waals surface area (Å²) in [6, 6.07) is 3.72. The number of carboxylic acid groups (broad SMARTS) is 1. The highest BCUT2D eigenvalue weighted by Crippen LogP contribution is 2.38. The fourth-order valence-corrected chi connectivity index (χ4v) is 8.06. The lowest BCUT2D eigenvalue weighted by molar-refractivity contribution is -0.132. The van der Waals surface area contributed by atoms with Gasteiger partial charge in [-0.2, -0.15) is 0 Å². The third-order valence-corrected chi connectivity index (χ3v) is 10.6. The Labute approximate surface area is 384 Å². The summed E-state index contributed by atoms with van der Waals surface area (Å²) < 4.78 is 12.1. The highest BCUT2D eigenvalue weighted by Gasteiger charge is 2.22. The predicted octanol–water partition coefficient (Wildman–Crippen LogP) is 9.52. The second-order valence-electron chi connectivity index (χ2n) is 15.4. The quantitative estimate of drug-likeness (QED) is 0.113. The first-order valence-electron chi connectivity index (χ1n) is 19.6. The maximum atomic E-state index is 13.1. The largest absolute Gasteiger partial charge is 0.478 e. The molecule has 0 aliphatic carbocycles. The van der Waals surface area contributed by atoms with Gasteiger partial charge in [0.15, 0.2) is 0 Å². The number of carbonyl (C=O) groups is 4. The minimum absolute atomic E-state index is 0.109. The molecule has 2 aliphatic rings. The molecule has 4 rings (SSSR count). The lowest BCUT2D eigenvalue weighted by atomic mass is 10.1. The standard InChI is InChI=1S/C21H27BrN4O3S.C13H23NO2.C9H7BrN2O2S/c1-5-9-26(10-7-6-8-24-20(28)29-21(2,3)4)19(27)14-11-16-15(13-17(22)30-16)25-18(23)12-14;1-5-6-7-8-9-10-11-14-12(15)16-13(2,3)4;10-7-3-5-6(15-7)1-4(9(13)14)2-8(11)12-5/h11,13H,5,8-10,12H2,1-4H3,(H2,23,25)(H,24,28);5-8,11H2,1-4H3,(H,14,15);1,3H,2H2,(H2,11,12)(H,13,14). The number of nitrogens with two attached hydrogens (primary N) is 2.